The Balaban J connectivity index is 1.09. The van der Waals surface area contributed by atoms with Gasteiger partial charge >= 0.3 is 0 Å². The number of hydrogen-bond acceptors (Lipinski definition) is 3. The van der Waals surface area contributed by atoms with Crippen molar-refractivity contribution >= 4 is 16.7 Å². The molecule has 2 aliphatic rings. The van der Waals surface area contributed by atoms with Crippen molar-refractivity contribution in [1.82, 2.24) is 0 Å². The number of likely N-dealkylation sites (tertiary alicyclic amines) is 1. The standard InChI is InChI=1S/C34H37N2O3/c1-35-14-6-9-27-11-10-26(18-31(27)35)23-39-33-21-30-28(20-32(33)38-2)19-29(34(30)37)17-24-12-15-36(16-13-24)22-25-7-4-3-5-8-25/h3-11,14,18,20-21,24,29H,12-13,15-17,19,22-23H2,1-2H3/q+1/p+1. The van der Waals surface area contributed by atoms with Crippen LogP contribution in [0.25, 0.3) is 10.9 Å². The third kappa shape index (κ3) is 5.55. The third-order valence-electron chi connectivity index (χ3n) is 8.67. The van der Waals surface area contributed by atoms with Crippen molar-refractivity contribution in [2.45, 2.75) is 38.8 Å². The van der Waals surface area contributed by atoms with Crippen molar-refractivity contribution in [1.29, 1.82) is 0 Å². The van der Waals surface area contributed by atoms with Crippen LogP contribution in [-0.2, 0) is 26.6 Å². The largest absolute Gasteiger partial charge is 0.493 e. The number of aromatic nitrogens is 1. The van der Waals surface area contributed by atoms with Crippen LogP contribution in [0.1, 0.15) is 46.3 Å². The molecule has 1 aliphatic carbocycles. The number of nitrogens with zero attached hydrogens (tertiary/aromatic N) is 1. The molecule has 1 aliphatic heterocycles. The Hall–Kier alpha value is -3.70. The minimum atomic E-state index is 0.0705. The molecule has 5 nitrogen and oxygen atoms in total. The fraction of sp³-hybridized carbons (Fsp3) is 0.353. The third-order valence-corrected chi connectivity index (χ3v) is 8.67. The van der Waals surface area contributed by atoms with Crippen LogP contribution in [0.2, 0.25) is 0 Å². The molecule has 0 radical (unpaired) electrons. The molecule has 2 heterocycles. The SMILES string of the molecule is COc1cc2c(cc1OCc1ccc3ccc[n+](C)c3c1)C(=O)C(CC1CC[NH+](Cc3ccccc3)CC1)C2. The van der Waals surface area contributed by atoms with Crippen LogP contribution in [0.4, 0.5) is 0 Å². The lowest BCUT2D eigenvalue weighted by atomic mass is 9.85. The highest BCUT2D eigenvalue weighted by atomic mass is 16.5. The number of methoxy groups -OCH3 is 1. The molecule has 0 spiro atoms. The quantitative estimate of drug-likeness (QED) is 0.347. The van der Waals surface area contributed by atoms with Crippen LogP contribution in [-0.4, -0.2) is 26.0 Å². The minimum absolute atomic E-state index is 0.0705. The Morgan fingerprint density at radius 3 is 2.54 bits per heavy atom. The van der Waals surface area contributed by atoms with Crippen LogP contribution in [0.5, 0.6) is 11.5 Å². The molecule has 1 N–H and O–H groups in total. The van der Waals surface area contributed by atoms with Crippen molar-refractivity contribution < 1.29 is 23.7 Å². The van der Waals surface area contributed by atoms with Gasteiger partial charge in [-0.1, -0.05) is 36.4 Å². The number of pyridine rings is 1. The Kier molecular flexibility index (Phi) is 7.34. The summed E-state index contributed by atoms with van der Waals surface area (Å²) >= 11 is 0. The van der Waals surface area contributed by atoms with E-state index in [0.717, 1.165) is 41.6 Å². The molecular formula is C34H38N2O3+2. The zero-order valence-electron chi connectivity index (χ0n) is 23.0. The van der Waals surface area contributed by atoms with E-state index in [9.17, 15) is 4.79 Å². The number of benzene rings is 3. The van der Waals surface area contributed by atoms with E-state index in [0.29, 0.717) is 24.0 Å². The van der Waals surface area contributed by atoms with E-state index in [1.54, 1.807) is 12.0 Å². The highest BCUT2D eigenvalue weighted by Gasteiger charge is 2.35. The summed E-state index contributed by atoms with van der Waals surface area (Å²) in [6, 6.07) is 25.3. The average Bonchev–Trinajstić information content (AvgIpc) is 3.27. The normalized spacial score (nSPS) is 20.7. The summed E-state index contributed by atoms with van der Waals surface area (Å²) < 4.78 is 14.0. The van der Waals surface area contributed by atoms with Gasteiger partial charge in [0.2, 0.25) is 5.52 Å². The van der Waals surface area contributed by atoms with E-state index in [1.165, 1.54) is 36.9 Å². The average molecular weight is 523 g/mol. The van der Waals surface area contributed by atoms with Gasteiger partial charge in [0, 0.05) is 34.6 Å². The first kappa shape index (κ1) is 25.6. The second kappa shape index (κ2) is 11.2. The number of carbonyl (C=O) groups excluding carboxylic acids is 1. The molecule has 3 aromatic carbocycles. The van der Waals surface area contributed by atoms with Gasteiger partial charge in [-0.3, -0.25) is 4.79 Å². The Morgan fingerprint density at radius 1 is 0.923 bits per heavy atom. The molecule has 0 bridgehead atoms. The first-order chi connectivity index (χ1) is 19.1. The lowest BCUT2D eigenvalue weighted by Crippen LogP contribution is -3.11. The lowest BCUT2D eigenvalue weighted by Gasteiger charge is -2.30. The van der Waals surface area contributed by atoms with Gasteiger partial charge in [0.15, 0.2) is 23.5 Å². The van der Waals surface area contributed by atoms with E-state index in [2.05, 4.69) is 59.2 Å². The predicted octanol–water partition coefficient (Wildman–Crippen LogP) is 4.49. The summed E-state index contributed by atoms with van der Waals surface area (Å²) in [5, 5.41) is 1.19. The molecule has 1 atom stereocenters. The van der Waals surface area contributed by atoms with Crippen LogP contribution in [0.3, 0.4) is 0 Å². The van der Waals surface area contributed by atoms with Gasteiger partial charge in [-0.05, 0) is 67.0 Å². The molecule has 1 aromatic heterocycles. The number of nitrogens with one attached hydrogen (secondary N) is 1. The number of hydrogen-bond donors (Lipinski definition) is 1. The number of ketones is 1. The first-order valence-electron chi connectivity index (χ1n) is 14.2. The molecule has 5 heteroatoms. The highest BCUT2D eigenvalue weighted by molar-refractivity contribution is 6.02. The number of fused-ring (bicyclic) bond motifs is 2. The molecule has 1 saturated heterocycles. The van der Waals surface area contributed by atoms with Crippen LogP contribution >= 0.6 is 0 Å². The number of ether oxygens (including phenoxy) is 2. The highest BCUT2D eigenvalue weighted by Crippen LogP contribution is 2.39. The van der Waals surface area contributed by atoms with Crippen LogP contribution in [0.15, 0.2) is 79.0 Å². The predicted molar refractivity (Wildman–Crippen MR) is 152 cm³/mol. The van der Waals surface area contributed by atoms with Crippen molar-refractivity contribution in [3.8, 4) is 11.5 Å². The summed E-state index contributed by atoms with van der Waals surface area (Å²) in [5.41, 5.74) is 5.56. The number of carbonyl (C=O) groups is 1. The van der Waals surface area contributed by atoms with E-state index in [-0.39, 0.29) is 11.7 Å². The van der Waals surface area contributed by atoms with E-state index in [4.69, 9.17) is 9.47 Å². The number of quaternary nitrogens is 1. The second-order valence-corrected chi connectivity index (χ2v) is 11.3. The number of Topliss-reactive ketones (excluding diaryl/α,β-unsaturated/α-hetero) is 1. The number of piperidine rings is 1. The summed E-state index contributed by atoms with van der Waals surface area (Å²) in [7, 11) is 3.72. The molecule has 1 fully saturated rings. The first-order valence-corrected chi connectivity index (χ1v) is 14.2. The van der Waals surface area contributed by atoms with E-state index in [1.807, 2.05) is 31.4 Å². The maximum atomic E-state index is 13.5. The van der Waals surface area contributed by atoms with Crippen molar-refractivity contribution in [2.75, 3.05) is 20.2 Å². The van der Waals surface area contributed by atoms with E-state index >= 15 is 0 Å². The summed E-state index contributed by atoms with van der Waals surface area (Å²) in [6.07, 6.45) is 6.24. The molecule has 200 valence electrons. The van der Waals surface area contributed by atoms with Gasteiger partial charge < -0.3 is 14.4 Å². The van der Waals surface area contributed by atoms with Crippen molar-refractivity contribution in [2.24, 2.45) is 18.9 Å². The fourth-order valence-electron chi connectivity index (χ4n) is 6.47. The van der Waals surface area contributed by atoms with Gasteiger partial charge in [0.25, 0.3) is 0 Å². The number of rotatable bonds is 8. The van der Waals surface area contributed by atoms with Gasteiger partial charge in [-0.15, -0.1) is 0 Å². The monoisotopic (exact) mass is 522 g/mol. The molecule has 39 heavy (non-hydrogen) atoms. The Morgan fingerprint density at radius 2 is 1.74 bits per heavy atom. The van der Waals surface area contributed by atoms with Crippen LogP contribution < -0.4 is 18.9 Å². The second-order valence-electron chi connectivity index (χ2n) is 11.3. The minimum Gasteiger partial charge on any atom is -0.493 e. The molecule has 1 unspecified atom stereocenters. The fourth-order valence-corrected chi connectivity index (χ4v) is 6.47. The van der Waals surface area contributed by atoms with Gasteiger partial charge in [0.05, 0.1) is 20.2 Å². The molecular weight excluding hydrogens is 484 g/mol. The Labute approximate surface area is 231 Å². The van der Waals surface area contributed by atoms with Gasteiger partial charge in [0.1, 0.15) is 20.2 Å². The maximum absolute atomic E-state index is 13.5. The smallest absolute Gasteiger partial charge is 0.212 e. The molecule has 4 aromatic rings. The van der Waals surface area contributed by atoms with Gasteiger partial charge in [-0.25, -0.2) is 4.57 Å². The van der Waals surface area contributed by atoms with E-state index < -0.39 is 0 Å². The summed E-state index contributed by atoms with van der Waals surface area (Å²) in [5.74, 6) is 2.31. The zero-order valence-corrected chi connectivity index (χ0v) is 23.0. The summed E-state index contributed by atoms with van der Waals surface area (Å²) in [4.78, 5) is 15.1. The van der Waals surface area contributed by atoms with Gasteiger partial charge in [-0.2, -0.15) is 0 Å². The summed E-state index contributed by atoms with van der Waals surface area (Å²) in [6.45, 7) is 3.89. The maximum Gasteiger partial charge on any atom is 0.212 e. The topological polar surface area (TPSA) is 43.8 Å². The van der Waals surface area contributed by atoms with Crippen molar-refractivity contribution in [3.05, 3.63) is 101 Å². The Bertz CT molecular complexity index is 1480. The molecule has 0 saturated carbocycles. The molecule has 0 amide bonds. The number of aryl methyl sites for hydroxylation is 1. The zero-order chi connectivity index (χ0) is 26.8. The van der Waals surface area contributed by atoms with Crippen molar-refractivity contribution in [3.63, 3.8) is 0 Å². The lowest BCUT2D eigenvalue weighted by molar-refractivity contribution is -0.919. The molecule has 6 rings (SSSR count). The van der Waals surface area contributed by atoms with Crippen LogP contribution in [0, 0.1) is 11.8 Å².